The molecule has 0 aliphatic carbocycles. The molecule has 4 rings (SSSR count). The Morgan fingerprint density at radius 3 is 2.81 bits per heavy atom. The van der Waals surface area contributed by atoms with Crippen LogP contribution >= 0.6 is 22.6 Å². The maximum atomic E-state index is 5.64. The van der Waals surface area contributed by atoms with E-state index in [1.165, 1.54) is 19.3 Å². The van der Waals surface area contributed by atoms with E-state index in [4.69, 9.17) is 9.72 Å². The van der Waals surface area contributed by atoms with Crippen LogP contribution in [-0.4, -0.2) is 49.1 Å². The molecule has 0 aromatic carbocycles. The third-order valence-electron chi connectivity index (χ3n) is 4.64. The Balaban J connectivity index is 1.81. The summed E-state index contributed by atoms with van der Waals surface area (Å²) in [4.78, 5) is 11.6. The van der Waals surface area contributed by atoms with Crippen molar-refractivity contribution in [2.24, 2.45) is 0 Å². The van der Waals surface area contributed by atoms with E-state index >= 15 is 0 Å². The summed E-state index contributed by atoms with van der Waals surface area (Å²) < 4.78 is 10.1. The van der Waals surface area contributed by atoms with Gasteiger partial charge in [-0.2, -0.15) is 9.61 Å². The molecule has 8 nitrogen and oxygen atoms in total. The van der Waals surface area contributed by atoms with E-state index in [0.29, 0.717) is 6.61 Å². The highest BCUT2D eigenvalue weighted by atomic mass is 127. The number of rotatable bonds is 5. The summed E-state index contributed by atoms with van der Waals surface area (Å²) in [5.41, 5.74) is 2.62. The van der Waals surface area contributed by atoms with Gasteiger partial charge in [0.2, 0.25) is 3.83 Å². The van der Waals surface area contributed by atoms with Gasteiger partial charge in [-0.15, -0.1) is 5.10 Å². The van der Waals surface area contributed by atoms with Crippen LogP contribution in [0.3, 0.4) is 0 Å². The third-order valence-corrected chi connectivity index (χ3v) is 5.10. The minimum Gasteiger partial charge on any atom is -0.357 e. The number of hydrogen-bond donors (Lipinski definition) is 0. The fourth-order valence-corrected chi connectivity index (χ4v) is 3.85. The first-order valence-corrected chi connectivity index (χ1v) is 10.1. The zero-order chi connectivity index (χ0) is 18.1. The average Bonchev–Trinajstić information content (AvgIpc) is 3.27. The van der Waals surface area contributed by atoms with Crippen LogP contribution in [-0.2, 0) is 4.74 Å². The van der Waals surface area contributed by atoms with Gasteiger partial charge in [0.15, 0.2) is 11.5 Å². The second-order valence-corrected chi connectivity index (χ2v) is 7.36. The Morgan fingerprint density at radius 2 is 2.04 bits per heavy atom. The minimum absolute atomic E-state index is 0.108. The zero-order valence-electron chi connectivity index (χ0n) is 15.0. The van der Waals surface area contributed by atoms with Crippen molar-refractivity contribution in [3.8, 4) is 11.3 Å². The maximum Gasteiger partial charge on any atom is 0.212 e. The highest BCUT2D eigenvalue weighted by Gasteiger charge is 2.23. The fraction of sp³-hybridized carbons (Fsp3) is 0.529. The van der Waals surface area contributed by atoms with E-state index in [1.807, 2.05) is 35.4 Å². The fourth-order valence-electron chi connectivity index (χ4n) is 3.39. The second-order valence-electron chi connectivity index (χ2n) is 6.39. The summed E-state index contributed by atoms with van der Waals surface area (Å²) >= 11 is 2.15. The van der Waals surface area contributed by atoms with Crippen LogP contribution in [0.2, 0.25) is 0 Å². The average molecular weight is 467 g/mol. The van der Waals surface area contributed by atoms with Gasteiger partial charge in [0.05, 0.1) is 12.4 Å². The summed E-state index contributed by atoms with van der Waals surface area (Å²) in [6.45, 7) is 6.64. The summed E-state index contributed by atoms with van der Waals surface area (Å²) in [6.07, 6.45) is 9.14. The lowest BCUT2D eigenvalue weighted by Crippen LogP contribution is -2.32. The molecule has 1 atom stereocenters. The number of anilines is 1. The smallest absolute Gasteiger partial charge is 0.212 e. The molecule has 1 saturated heterocycles. The number of piperidine rings is 1. The molecule has 0 amide bonds. The van der Waals surface area contributed by atoms with Crippen molar-refractivity contribution in [2.45, 2.75) is 39.3 Å². The molecular weight excluding hydrogens is 445 g/mol. The predicted molar refractivity (Wildman–Crippen MR) is 107 cm³/mol. The number of ether oxygens (including phenoxy) is 1. The van der Waals surface area contributed by atoms with Gasteiger partial charge >= 0.3 is 0 Å². The first-order valence-electron chi connectivity index (χ1n) is 8.99. The molecule has 0 bridgehead atoms. The van der Waals surface area contributed by atoms with Gasteiger partial charge < -0.3 is 9.64 Å². The van der Waals surface area contributed by atoms with E-state index in [2.05, 4.69) is 42.7 Å². The largest absolute Gasteiger partial charge is 0.357 e. The lowest BCUT2D eigenvalue weighted by molar-refractivity contribution is 0.0160. The van der Waals surface area contributed by atoms with Gasteiger partial charge in [0.1, 0.15) is 11.9 Å². The van der Waals surface area contributed by atoms with Crippen molar-refractivity contribution in [3.63, 3.8) is 0 Å². The van der Waals surface area contributed by atoms with E-state index in [1.54, 1.807) is 6.20 Å². The van der Waals surface area contributed by atoms with Crippen LogP contribution in [0.4, 0.5) is 5.82 Å². The van der Waals surface area contributed by atoms with Crippen LogP contribution in [0.15, 0.2) is 18.6 Å². The van der Waals surface area contributed by atoms with Crippen LogP contribution in [0.1, 0.15) is 39.3 Å². The second kappa shape index (κ2) is 7.47. The molecule has 3 aromatic heterocycles. The highest BCUT2D eigenvalue weighted by molar-refractivity contribution is 14.1. The zero-order valence-corrected chi connectivity index (χ0v) is 17.1. The summed E-state index contributed by atoms with van der Waals surface area (Å²) in [6, 6.07) is 0. The van der Waals surface area contributed by atoms with Crippen molar-refractivity contribution in [2.75, 3.05) is 24.6 Å². The Labute approximate surface area is 165 Å². The van der Waals surface area contributed by atoms with E-state index in [0.717, 1.165) is 39.6 Å². The Morgan fingerprint density at radius 1 is 1.23 bits per heavy atom. The molecule has 1 fully saturated rings. The van der Waals surface area contributed by atoms with Crippen molar-refractivity contribution in [1.82, 2.24) is 29.4 Å². The van der Waals surface area contributed by atoms with Gasteiger partial charge in [-0.1, -0.05) is 0 Å². The maximum absolute atomic E-state index is 5.64. The topological polar surface area (TPSA) is 73.4 Å². The van der Waals surface area contributed by atoms with Gasteiger partial charge in [-0.05, 0) is 33.1 Å². The SMILES string of the molecule is CCOC(C)n1cc(-c2ncc3nc(I)nn3c2N2CCCCC2)cn1. The molecule has 3 aromatic rings. The van der Waals surface area contributed by atoms with Gasteiger partial charge in [0, 0.05) is 54.0 Å². The molecule has 4 heterocycles. The van der Waals surface area contributed by atoms with Crippen LogP contribution in [0.25, 0.3) is 16.9 Å². The van der Waals surface area contributed by atoms with Gasteiger partial charge in [-0.25, -0.2) is 14.6 Å². The molecule has 26 heavy (non-hydrogen) atoms. The minimum atomic E-state index is -0.108. The number of halogens is 1. The van der Waals surface area contributed by atoms with Crippen molar-refractivity contribution in [1.29, 1.82) is 0 Å². The number of hydrogen-bond acceptors (Lipinski definition) is 6. The lowest BCUT2D eigenvalue weighted by Gasteiger charge is -2.29. The van der Waals surface area contributed by atoms with Crippen molar-refractivity contribution in [3.05, 3.63) is 22.4 Å². The van der Waals surface area contributed by atoms with E-state index in [9.17, 15) is 0 Å². The highest BCUT2D eigenvalue weighted by Crippen LogP contribution is 2.31. The Bertz CT molecular complexity index is 900. The van der Waals surface area contributed by atoms with E-state index < -0.39 is 0 Å². The number of fused-ring (bicyclic) bond motifs is 1. The van der Waals surface area contributed by atoms with Crippen LogP contribution in [0.5, 0.6) is 0 Å². The van der Waals surface area contributed by atoms with Gasteiger partial charge in [0.25, 0.3) is 0 Å². The quantitative estimate of drug-likeness (QED) is 0.537. The molecule has 0 spiro atoms. The van der Waals surface area contributed by atoms with Crippen molar-refractivity contribution >= 4 is 34.1 Å². The first-order chi connectivity index (χ1) is 12.7. The molecule has 1 aliphatic heterocycles. The first kappa shape index (κ1) is 17.7. The summed E-state index contributed by atoms with van der Waals surface area (Å²) in [5.74, 6) is 1.00. The third kappa shape index (κ3) is 3.29. The molecule has 0 radical (unpaired) electrons. The van der Waals surface area contributed by atoms with Gasteiger partial charge in [-0.3, -0.25) is 0 Å². The molecule has 138 valence electrons. The number of aromatic nitrogens is 6. The molecular formula is C17H22IN7O. The monoisotopic (exact) mass is 467 g/mol. The molecule has 0 N–H and O–H groups in total. The number of nitrogens with zero attached hydrogens (tertiary/aromatic N) is 7. The summed E-state index contributed by atoms with van der Waals surface area (Å²) in [7, 11) is 0. The molecule has 1 aliphatic rings. The van der Waals surface area contributed by atoms with Crippen LogP contribution in [0, 0.1) is 3.83 Å². The Hall–Kier alpha value is -1.75. The normalized spacial score (nSPS) is 16.3. The molecule has 0 saturated carbocycles. The van der Waals surface area contributed by atoms with Crippen LogP contribution < -0.4 is 4.90 Å². The Kier molecular flexibility index (Phi) is 5.07. The summed E-state index contributed by atoms with van der Waals surface area (Å²) in [5, 5.41) is 9.07. The molecule has 1 unspecified atom stereocenters. The standard InChI is InChI=1S/C17H22IN7O/c1-3-26-12(2)24-11-13(9-20-24)15-16(23-7-5-4-6-8-23)25-14(10-19-15)21-17(18)22-25/h9-12H,3-8H2,1-2H3. The predicted octanol–water partition coefficient (Wildman–Crippen LogP) is 3.14. The molecule has 9 heteroatoms. The van der Waals surface area contributed by atoms with Crippen molar-refractivity contribution < 1.29 is 4.74 Å². The van der Waals surface area contributed by atoms with E-state index in [-0.39, 0.29) is 6.23 Å². The lowest BCUT2D eigenvalue weighted by atomic mass is 10.1.